The highest BCUT2D eigenvalue weighted by Gasteiger charge is 2.19. The number of hydrogen-bond donors (Lipinski definition) is 2. The number of carboxylic acids is 1. The monoisotopic (exact) mass is 281 g/mol. The molecule has 0 aliphatic carbocycles. The molecule has 20 heavy (non-hydrogen) atoms. The molecule has 0 bridgehead atoms. The minimum Gasteiger partial charge on any atom is -0.490 e. The fraction of sp³-hybridized carbons (Fsp3) is 0.533. The van der Waals surface area contributed by atoms with Crippen molar-refractivity contribution in [2.75, 3.05) is 6.61 Å². The van der Waals surface area contributed by atoms with E-state index in [4.69, 9.17) is 20.3 Å². The van der Waals surface area contributed by atoms with E-state index in [1.807, 2.05) is 26.0 Å². The molecular formula is C15H23NO4. The molecule has 5 heteroatoms. The summed E-state index contributed by atoms with van der Waals surface area (Å²) in [7, 11) is 0. The Morgan fingerprint density at radius 2 is 2.10 bits per heavy atom. The molecule has 1 aromatic carbocycles. The van der Waals surface area contributed by atoms with Crippen molar-refractivity contribution in [3.05, 3.63) is 23.8 Å². The first-order valence-electron chi connectivity index (χ1n) is 6.89. The molecule has 3 N–H and O–H groups in total. The van der Waals surface area contributed by atoms with Crippen molar-refractivity contribution in [1.29, 1.82) is 0 Å². The molecule has 1 aromatic rings. The van der Waals surface area contributed by atoms with Crippen LogP contribution in [0, 0.1) is 0 Å². The number of ether oxygens (including phenoxy) is 2. The summed E-state index contributed by atoms with van der Waals surface area (Å²) in [5.74, 6) is 0.0246. The Labute approximate surface area is 119 Å². The van der Waals surface area contributed by atoms with Crippen LogP contribution < -0.4 is 15.2 Å². The van der Waals surface area contributed by atoms with Crippen LogP contribution in [0.25, 0.3) is 0 Å². The van der Waals surface area contributed by atoms with Crippen molar-refractivity contribution in [2.24, 2.45) is 5.73 Å². The Morgan fingerprint density at radius 3 is 2.65 bits per heavy atom. The standard InChI is InChI=1S/C15H23NO4/c1-4-12(16)9-11-7-6-8-13(19-5-2)14(11)20-10(3)15(17)18/h6-8,10,12H,4-5,9,16H2,1-3H3,(H,17,18). The van der Waals surface area contributed by atoms with Gasteiger partial charge in [0.25, 0.3) is 0 Å². The highest BCUT2D eigenvalue weighted by Crippen LogP contribution is 2.33. The third-order valence-electron chi connectivity index (χ3n) is 3.01. The van der Waals surface area contributed by atoms with Gasteiger partial charge in [-0.3, -0.25) is 0 Å². The normalized spacial score (nSPS) is 13.6. The third-order valence-corrected chi connectivity index (χ3v) is 3.01. The van der Waals surface area contributed by atoms with E-state index in [2.05, 4.69) is 0 Å². The minimum absolute atomic E-state index is 0.00867. The predicted octanol–water partition coefficient (Wildman–Crippen LogP) is 2.22. The minimum atomic E-state index is -1.01. The van der Waals surface area contributed by atoms with E-state index in [0.717, 1.165) is 12.0 Å². The van der Waals surface area contributed by atoms with Gasteiger partial charge in [-0.2, -0.15) is 0 Å². The van der Waals surface area contributed by atoms with Gasteiger partial charge in [0.15, 0.2) is 17.6 Å². The average molecular weight is 281 g/mol. The van der Waals surface area contributed by atoms with E-state index < -0.39 is 12.1 Å². The molecule has 112 valence electrons. The van der Waals surface area contributed by atoms with Gasteiger partial charge in [-0.15, -0.1) is 0 Å². The number of nitrogens with two attached hydrogens (primary N) is 1. The van der Waals surface area contributed by atoms with Crippen LogP contribution in [-0.4, -0.2) is 29.8 Å². The predicted molar refractivity (Wildman–Crippen MR) is 77.3 cm³/mol. The number of aliphatic carboxylic acids is 1. The fourth-order valence-corrected chi connectivity index (χ4v) is 1.78. The van der Waals surface area contributed by atoms with Crippen LogP contribution in [0.2, 0.25) is 0 Å². The first-order valence-corrected chi connectivity index (χ1v) is 6.89. The zero-order chi connectivity index (χ0) is 15.1. The maximum atomic E-state index is 11.0. The van der Waals surface area contributed by atoms with Gasteiger partial charge in [-0.25, -0.2) is 4.79 Å². The highest BCUT2D eigenvalue weighted by atomic mass is 16.5. The van der Waals surface area contributed by atoms with Crippen LogP contribution >= 0.6 is 0 Å². The van der Waals surface area contributed by atoms with Crippen LogP contribution in [0.5, 0.6) is 11.5 Å². The van der Waals surface area contributed by atoms with Gasteiger partial charge in [0.1, 0.15) is 0 Å². The van der Waals surface area contributed by atoms with Gasteiger partial charge in [-0.05, 0) is 38.3 Å². The number of hydrogen-bond acceptors (Lipinski definition) is 4. The number of rotatable bonds is 8. The second kappa shape index (κ2) is 7.75. The van der Waals surface area contributed by atoms with E-state index in [1.54, 1.807) is 6.07 Å². The Kier molecular flexibility index (Phi) is 6.31. The molecule has 2 unspecified atom stereocenters. The summed E-state index contributed by atoms with van der Waals surface area (Å²) >= 11 is 0. The van der Waals surface area contributed by atoms with Gasteiger partial charge >= 0.3 is 5.97 Å². The lowest BCUT2D eigenvalue weighted by molar-refractivity contribution is -0.144. The van der Waals surface area contributed by atoms with E-state index in [-0.39, 0.29) is 6.04 Å². The highest BCUT2D eigenvalue weighted by molar-refractivity contribution is 5.72. The molecule has 0 spiro atoms. The second-order valence-electron chi connectivity index (χ2n) is 4.65. The number of carbonyl (C=O) groups is 1. The maximum Gasteiger partial charge on any atom is 0.344 e. The smallest absolute Gasteiger partial charge is 0.344 e. The first-order chi connectivity index (χ1) is 9.49. The molecule has 5 nitrogen and oxygen atoms in total. The average Bonchev–Trinajstić information content (AvgIpc) is 2.42. The molecule has 2 atom stereocenters. The van der Waals surface area contributed by atoms with Crippen LogP contribution in [-0.2, 0) is 11.2 Å². The molecule has 0 saturated heterocycles. The van der Waals surface area contributed by atoms with Crippen LogP contribution in [0.4, 0.5) is 0 Å². The molecule has 0 radical (unpaired) electrons. The van der Waals surface area contributed by atoms with E-state index in [1.165, 1.54) is 6.92 Å². The summed E-state index contributed by atoms with van der Waals surface area (Å²) < 4.78 is 11.1. The van der Waals surface area contributed by atoms with Gasteiger partial charge in [0.2, 0.25) is 0 Å². The van der Waals surface area contributed by atoms with Gasteiger partial charge in [-0.1, -0.05) is 19.1 Å². The third kappa shape index (κ3) is 4.42. The molecule has 0 aliphatic rings. The van der Waals surface area contributed by atoms with E-state index in [0.29, 0.717) is 24.5 Å². The molecule has 1 rings (SSSR count). The van der Waals surface area contributed by atoms with Gasteiger partial charge in [0.05, 0.1) is 6.61 Å². The van der Waals surface area contributed by atoms with Crippen LogP contribution in [0.15, 0.2) is 18.2 Å². The summed E-state index contributed by atoms with van der Waals surface area (Å²) in [5, 5.41) is 8.99. The zero-order valence-corrected chi connectivity index (χ0v) is 12.3. The van der Waals surface area contributed by atoms with Gasteiger partial charge < -0.3 is 20.3 Å². The Balaban J connectivity index is 3.08. The van der Waals surface area contributed by atoms with E-state index >= 15 is 0 Å². The Morgan fingerprint density at radius 1 is 1.40 bits per heavy atom. The quantitative estimate of drug-likeness (QED) is 0.763. The van der Waals surface area contributed by atoms with Crippen LogP contribution in [0.1, 0.15) is 32.8 Å². The van der Waals surface area contributed by atoms with Crippen molar-refractivity contribution >= 4 is 5.97 Å². The molecule has 0 aliphatic heterocycles. The lowest BCUT2D eigenvalue weighted by atomic mass is 10.0. The van der Waals surface area contributed by atoms with Crippen molar-refractivity contribution in [3.8, 4) is 11.5 Å². The van der Waals surface area contributed by atoms with Crippen molar-refractivity contribution in [1.82, 2.24) is 0 Å². The summed E-state index contributed by atoms with van der Waals surface area (Å²) in [6, 6.07) is 5.53. The number of benzene rings is 1. The first kappa shape index (κ1) is 16.3. The van der Waals surface area contributed by atoms with Crippen molar-refractivity contribution in [3.63, 3.8) is 0 Å². The molecule has 0 saturated carbocycles. The largest absolute Gasteiger partial charge is 0.490 e. The number of para-hydroxylation sites is 1. The molecule has 0 fully saturated rings. The van der Waals surface area contributed by atoms with Crippen molar-refractivity contribution < 1.29 is 19.4 Å². The zero-order valence-electron chi connectivity index (χ0n) is 12.3. The Hall–Kier alpha value is -1.75. The topological polar surface area (TPSA) is 81.8 Å². The van der Waals surface area contributed by atoms with Crippen molar-refractivity contribution in [2.45, 2.75) is 45.8 Å². The molecular weight excluding hydrogens is 258 g/mol. The molecule has 0 aromatic heterocycles. The molecule has 0 heterocycles. The number of carboxylic acid groups (broad SMARTS) is 1. The molecule has 0 amide bonds. The summed E-state index contributed by atoms with van der Waals surface area (Å²) in [6.07, 6.45) is 0.527. The summed E-state index contributed by atoms with van der Waals surface area (Å²) in [5.41, 5.74) is 6.85. The lowest BCUT2D eigenvalue weighted by Gasteiger charge is -2.19. The Bertz CT molecular complexity index is 447. The second-order valence-corrected chi connectivity index (χ2v) is 4.65. The maximum absolute atomic E-state index is 11.0. The summed E-state index contributed by atoms with van der Waals surface area (Å²) in [6.45, 7) is 5.86. The summed E-state index contributed by atoms with van der Waals surface area (Å²) in [4.78, 5) is 11.0. The van der Waals surface area contributed by atoms with Crippen LogP contribution in [0.3, 0.4) is 0 Å². The lowest BCUT2D eigenvalue weighted by Crippen LogP contribution is -2.25. The van der Waals surface area contributed by atoms with E-state index in [9.17, 15) is 4.79 Å². The van der Waals surface area contributed by atoms with Gasteiger partial charge in [0, 0.05) is 6.04 Å². The SMILES string of the molecule is CCOc1cccc(CC(N)CC)c1OC(C)C(=O)O. The fourth-order valence-electron chi connectivity index (χ4n) is 1.78.